The quantitative estimate of drug-likeness (QED) is 0.669. The van der Waals surface area contributed by atoms with Gasteiger partial charge in [-0.25, -0.2) is 5.43 Å². The van der Waals surface area contributed by atoms with E-state index in [1.807, 2.05) is 6.92 Å². The number of pyridine rings is 1. The number of aromatic nitrogens is 1. The molecule has 1 amide bonds. The number of carbonyl (C=O) groups excluding carboxylic acids is 1. The van der Waals surface area contributed by atoms with Gasteiger partial charge in [-0.05, 0) is 48.9 Å². The predicted molar refractivity (Wildman–Crippen MR) is 76.9 cm³/mol. The van der Waals surface area contributed by atoms with Crippen LogP contribution in [0.3, 0.4) is 0 Å². The van der Waals surface area contributed by atoms with E-state index >= 15 is 0 Å². The highest BCUT2D eigenvalue weighted by Gasteiger charge is 2.03. The molecular weight excluding hydrogens is 254 g/mol. The number of rotatable bonds is 5. The van der Waals surface area contributed by atoms with Gasteiger partial charge in [-0.15, -0.1) is 0 Å². The maximum atomic E-state index is 11.8. The third-order valence-corrected chi connectivity index (χ3v) is 2.51. The zero-order valence-corrected chi connectivity index (χ0v) is 11.1. The zero-order chi connectivity index (χ0) is 14.2. The number of hydrazone groups is 1. The summed E-state index contributed by atoms with van der Waals surface area (Å²) in [6.45, 7) is 2.51. The monoisotopic (exact) mass is 269 g/mol. The van der Waals surface area contributed by atoms with Crippen molar-refractivity contribution < 1.29 is 9.53 Å². The Bertz CT molecular complexity index is 580. The summed E-state index contributed by atoms with van der Waals surface area (Å²) in [6, 6.07) is 10.5. The lowest BCUT2D eigenvalue weighted by molar-refractivity contribution is 0.0955. The van der Waals surface area contributed by atoms with Gasteiger partial charge in [0, 0.05) is 18.0 Å². The molecule has 0 saturated carbocycles. The number of carbonyl (C=O) groups is 1. The summed E-state index contributed by atoms with van der Waals surface area (Å²) in [7, 11) is 0. The Labute approximate surface area is 117 Å². The maximum absolute atomic E-state index is 11.8. The van der Waals surface area contributed by atoms with Gasteiger partial charge in [-0.2, -0.15) is 5.10 Å². The molecule has 2 aromatic rings. The van der Waals surface area contributed by atoms with Crippen molar-refractivity contribution in [1.29, 1.82) is 0 Å². The Balaban J connectivity index is 1.93. The van der Waals surface area contributed by atoms with Crippen LogP contribution in [0.5, 0.6) is 5.75 Å². The molecule has 0 atom stereocenters. The van der Waals surface area contributed by atoms with Gasteiger partial charge in [0.05, 0.1) is 12.8 Å². The molecular formula is C15H15N3O2. The van der Waals surface area contributed by atoms with Crippen LogP contribution in [-0.2, 0) is 0 Å². The molecule has 0 spiro atoms. The topological polar surface area (TPSA) is 63.6 Å². The average molecular weight is 269 g/mol. The Morgan fingerprint density at radius 2 is 1.95 bits per heavy atom. The first-order valence-corrected chi connectivity index (χ1v) is 6.26. The van der Waals surface area contributed by atoms with Gasteiger partial charge in [0.2, 0.25) is 0 Å². The summed E-state index contributed by atoms with van der Waals surface area (Å²) < 4.78 is 5.31. The minimum atomic E-state index is -0.265. The highest BCUT2D eigenvalue weighted by atomic mass is 16.5. The molecule has 1 aromatic carbocycles. The lowest BCUT2D eigenvalue weighted by atomic mass is 10.2. The van der Waals surface area contributed by atoms with E-state index in [0.717, 1.165) is 11.3 Å². The van der Waals surface area contributed by atoms with Crippen molar-refractivity contribution in [3.05, 3.63) is 59.9 Å². The molecule has 5 nitrogen and oxygen atoms in total. The Morgan fingerprint density at radius 1 is 1.25 bits per heavy atom. The Kier molecular flexibility index (Phi) is 4.83. The van der Waals surface area contributed by atoms with E-state index in [0.29, 0.717) is 12.2 Å². The van der Waals surface area contributed by atoms with E-state index < -0.39 is 0 Å². The van der Waals surface area contributed by atoms with Crippen molar-refractivity contribution in [2.75, 3.05) is 6.61 Å². The molecule has 1 heterocycles. The fourth-order valence-electron chi connectivity index (χ4n) is 1.55. The summed E-state index contributed by atoms with van der Waals surface area (Å²) in [5.74, 6) is 0.475. The highest BCUT2D eigenvalue weighted by molar-refractivity contribution is 5.94. The maximum Gasteiger partial charge on any atom is 0.271 e. The first kappa shape index (κ1) is 13.7. The highest BCUT2D eigenvalue weighted by Crippen LogP contribution is 2.11. The summed E-state index contributed by atoms with van der Waals surface area (Å²) in [5, 5.41) is 3.89. The van der Waals surface area contributed by atoms with E-state index in [1.54, 1.807) is 55.0 Å². The van der Waals surface area contributed by atoms with Gasteiger partial charge in [-0.3, -0.25) is 9.78 Å². The van der Waals surface area contributed by atoms with Crippen molar-refractivity contribution in [3.63, 3.8) is 0 Å². The zero-order valence-electron chi connectivity index (χ0n) is 11.1. The van der Waals surface area contributed by atoms with Gasteiger partial charge in [0.25, 0.3) is 5.91 Å². The minimum absolute atomic E-state index is 0.265. The second-order valence-corrected chi connectivity index (χ2v) is 3.94. The van der Waals surface area contributed by atoms with E-state index in [-0.39, 0.29) is 5.91 Å². The molecule has 102 valence electrons. The number of benzene rings is 1. The third kappa shape index (κ3) is 3.91. The number of hydrogen-bond donors (Lipinski definition) is 1. The molecule has 1 aromatic heterocycles. The number of ether oxygens (including phenoxy) is 1. The average Bonchev–Trinajstić information content (AvgIpc) is 2.49. The molecule has 5 heteroatoms. The largest absolute Gasteiger partial charge is 0.494 e. The standard InChI is InChI=1S/C15H15N3O2/c1-2-20-14-5-3-13(4-6-14)15(19)18-17-11-12-7-9-16-10-8-12/h3-11H,2H2,1H3,(H,18,19)/b17-11-. The van der Waals surface area contributed by atoms with Crippen LogP contribution < -0.4 is 10.2 Å². The smallest absolute Gasteiger partial charge is 0.271 e. The first-order chi connectivity index (χ1) is 9.79. The van der Waals surface area contributed by atoms with Crippen LogP contribution in [0.1, 0.15) is 22.8 Å². The number of hydrogen-bond acceptors (Lipinski definition) is 4. The van der Waals surface area contributed by atoms with Crippen LogP contribution in [0.4, 0.5) is 0 Å². The summed E-state index contributed by atoms with van der Waals surface area (Å²) in [5.41, 5.74) is 3.86. The molecule has 0 aliphatic heterocycles. The molecule has 2 rings (SSSR count). The van der Waals surface area contributed by atoms with Crippen molar-refractivity contribution in [2.45, 2.75) is 6.92 Å². The van der Waals surface area contributed by atoms with Crippen molar-refractivity contribution >= 4 is 12.1 Å². The number of amides is 1. The van der Waals surface area contributed by atoms with Crippen LogP contribution in [-0.4, -0.2) is 23.7 Å². The number of nitrogens with zero attached hydrogens (tertiary/aromatic N) is 2. The molecule has 0 aliphatic rings. The lowest BCUT2D eigenvalue weighted by Gasteiger charge is -2.03. The van der Waals surface area contributed by atoms with Gasteiger partial charge in [0.1, 0.15) is 5.75 Å². The van der Waals surface area contributed by atoms with Crippen molar-refractivity contribution in [1.82, 2.24) is 10.4 Å². The summed E-state index contributed by atoms with van der Waals surface area (Å²) in [4.78, 5) is 15.7. The van der Waals surface area contributed by atoms with E-state index in [4.69, 9.17) is 4.74 Å². The van der Waals surface area contributed by atoms with Crippen LogP contribution in [0, 0.1) is 0 Å². The molecule has 0 aliphatic carbocycles. The molecule has 0 fully saturated rings. The summed E-state index contributed by atoms with van der Waals surface area (Å²) >= 11 is 0. The van der Waals surface area contributed by atoms with Gasteiger partial charge >= 0.3 is 0 Å². The molecule has 1 N–H and O–H groups in total. The fourth-order valence-corrected chi connectivity index (χ4v) is 1.55. The predicted octanol–water partition coefficient (Wildman–Crippen LogP) is 2.24. The lowest BCUT2D eigenvalue weighted by Crippen LogP contribution is -2.17. The van der Waals surface area contributed by atoms with Crippen LogP contribution in [0.15, 0.2) is 53.9 Å². The molecule has 0 saturated heterocycles. The second kappa shape index (κ2) is 7.04. The SMILES string of the molecule is CCOc1ccc(C(=O)N/N=C\c2ccncc2)cc1. The minimum Gasteiger partial charge on any atom is -0.494 e. The molecule has 0 bridgehead atoms. The molecule has 0 unspecified atom stereocenters. The van der Waals surface area contributed by atoms with E-state index in [9.17, 15) is 4.79 Å². The summed E-state index contributed by atoms with van der Waals surface area (Å²) in [6.07, 6.45) is 4.89. The Hall–Kier alpha value is -2.69. The van der Waals surface area contributed by atoms with E-state index in [1.165, 1.54) is 0 Å². The Morgan fingerprint density at radius 3 is 2.60 bits per heavy atom. The van der Waals surface area contributed by atoms with Crippen LogP contribution in [0.25, 0.3) is 0 Å². The van der Waals surface area contributed by atoms with Crippen molar-refractivity contribution in [3.8, 4) is 5.75 Å². The van der Waals surface area contributed by atoms with Gasteiger partial charge < -0.3 is 4.74 Å². The molecule has 0 radical (unpaired) electrons. The van der Waals surface area contributed by atoms with Crippen LogP contribution in [0.2, 0.25) is 0 Å². The van der Waals surface area contributed by atoms with Crippen molar-refractivity contribution in [2.24, 2.45) is 5.10 Å². The number of nitrogens with one attached hydrogen (secondary N) is 1. The van der Waals surface area contributed by atoms with Gasteiger partial charge in [-0.1, -0.05) is 0 Å². The first-order valence-electron chi connectivity index (χ1n) is 6.26. The second-order valence-electron chi connectivity index (χ2n) is 3.94. The van der Waals surface area contributed by atoms with Crippen LogP contribution >= 0.6 is 0 Å². The normalized spacial score (nSPS) is 10.4. The van der Waals surface area contributed by atoms with Gasteiger partial charge in [0.15, 0.2) is 0 Å². The van der Waals surface area contributed by atoms with E-state index in [2.05, 4.69) is 15.5 Å². The third-order valence-electron chi connectivity index (χ3n) is 2.51. The molecule has 20 heavy (non-hydrogen) atoms. The fraction of sp³-hybridized carbons (Fsp3) is 0.133.